The van der Waals surface area contributed by atoms with Gasteiger partial charge in [0.1, 0.15) is 5.56 Å². The van der Waals surface area contributed by atoms with Gasteiger partial charge in [-0.15, -0.1) is 0 Å². The summed E-state index contributed by atoms with van der Waals surface area (Å²) in [6, 6.07) is 12.6. The third-order valence-corrected chi connectivity index (χ3v) is 3.96. The minimum Gasteiger partial charge on any atom is -0.493 e. The van der Waals surface area contributed by atoms with Crippen LogP contribution in [-0.2, 0) is 11.3 Å². The summed E-state index contributed by atoms with van der Waals surface area (Å²) in [5, 5.41) is 3.05. The van der Waals surface area contributed by atoms with E-state index in [0.29, 0.717) is 5.75 Å². The van der Waals surface area contributed by atoms with E-state index in [2.05, 4.69) is 20.3 Å². The number of methoxy groups -OCH3 is 2. The van der Waals surface area contributed by atoms with Crippen molar-refractivity contribution in [1.29, 1.82) is 0 Å². The second kappa shape index (κ2) is 8.87. The van der Waals surface area contributed by atoms with Crippen molar-refractivity contribution < 1.29 is 19.0 Å². The zero-order valence-electron chi connectivity index (χ0n) is 16.3. The third kappa shape index (κ3) is 4.89. The number of hydrogen-bond acceptors (Lipinski definition) is 9. The monoisotopic (exact) mass is 395 g/mol. The molecule has 0 spiro atoms. The Labute approximate surface area is 167 Å². The molecular weight excluding hydrogens is 374 g/mol. The van der Waals surface area contributed by atoms with Gasteiger partial charge >= 0.3 is 5.97 Å². The number of nitrogens with two attached hydrogens (primary N) is 1. The van der Waals surface area contributed by atoms with E-state index in [1.807, 2.05) is 31.2 Å². The minimum absolute atomic E-state index is 0.0135. The number of aryl methyl sites for hydroxylation is 1. The van der Waals surface area contributed by atoms with Crippen LogP contribution in [0.5, 0.6) is 11.5 Å². The molecule has 0 radical (unpaired) electrons. The summed E-state index contributed by atoms with van der Waals surface area (Å²) in [4.78, 5) is 24.8. The fourth-order valence-electron chi connectivity index (χ4n) is 2.58. The molecule has 0 atom stereocenters. The van der Waals surface area contributed by atoms with E-state index in [1.165, 1.54) is 14.2 Å². The van der Waals surface area contributed by atoms with E-state index < -0.39 is 5.97 Å². The van der Waals surface area contributed by atoms with Crippen LogP contribution >= 0.6 is 0 Å². The number of nitrogen functional groups attached to an aromatic ring is 1. The van der Waals surface area contributed by atoms with Crippen molar-refractivity contribution >= 4 is 23.6 Å². The highest BCUT2D eigenvalue weighted by atomic mass is 16.5. The summed E-state index contributed by atoms with van der Waals surface area (Å²) in [6.45, 7) is 1.81. The van der Waals surface area contributed by atoms with Gasteiger partial charge in [0.05, 0.1) is 14.2 Å². The number of para-hydroxylation sites is 1. The maximum atomic E-state index is 12.5. The SMILES string of the molecule is COc1cccc(C(=O)OCc2nc(N)nc(Nc3ccc(C)cc3)n2)c1OC. The summed E-state index contributed by atoms with van der Waals surface area (Å²) in [5.41, 5.74) is 7.91. The van der Waals surface area contributed by atoms with Gasteiger partial charge < -0.3 is 25.3 Å². The van der Waals surface area contributed by atoms with Crippen molar-refractivity contribution in [1.82, 2.24) is 15.0 Å². The van der Waals surface area contributed by atoms with E-state index >= 15 is 0 Å². The summed E-state index contributed by atoms with van der Waals surface area (Å²) >= 11 is 0. The first kappa shape index (κ1) is 19.9. The molecule has 150 valence electrons. The molecule has 0 amide bonds. The molecule has 3 rings (SSSR count). The van der Waals surface area contributed by atoms with Crippen molar-refractivity contribution in [3.63, 3.8) is 0 Å². The number of aromatic nitrogens is 3. The Morgan fingerprint density at radius 1 is 1.03 bits per heavy atom. The Balaban J connectivity index is 1.73. The summed E-state index contributed by atoms with van der Waals surface area (Å²) in [6.07, 6.45) is 0. The molecule has 1 heterocycles. The summed E-state index contributed by atoms with van der Waals surface area (Å²) in [5.74, 6) is 0.592. The zero-order valence-corrected chi connectivity index (χ0v) is 16.3. The molecule has 1 aromatic heterocycles. The Hall–Kier alpha value is -3.88. The lowest BCUT2D eigenvalue weighted by Gasteiger charge is -2.12. The normalized spacial score (nSPS) is 10.3. The smallest absolute Gasteiger partial charge is 0.342 e. The Morgan fingerprint density at radius 3 is 2.48 bits per heavy atom. The second-order valence-corrected chi connectivity index (χ2v) is 6.04. The van der Waals surface area contributed by atoms with E-state index in [9.17, 15) is 4.79 Å². The first-order valence-electron chi connectivity index (χ1n) is 8.72. The van der Waals surface area contributed by atoms with Crippen LogP contribution in [0.1, 0.15) is 21.7 Å². The maximum absolute atomic E-state index is 12.5. The van der Waals surface area contributed by atoms with Crippen molar-refractivity contribution in [2.45, 2.75) is 13.5 Å². The lowest BCUT2D eigenvalue weighted by atomic mass is 10.2. The molecule has 0 fully saturated rings. The molecule has 0 saturated heterocycles. The van der Waals surface area contributed by atoms with Gasteiger partial charge in [-0.1, -0.05) is 23.8 Å². The van der Waals surface area contributed by atoms with E-state index in [1.54, 1.807) is 18.2 Å². The van der Waals surface area contributed by atoms with Crippen LogP contribution in [0, 0.1) is 6.92 Å². The van der Waals surface area contributed by atoms with Gasteiger partial charge in [0.25, 0.3) is 0 Å². The lowest BCUT2D eigenvalue weighted by Crippen LogP contribution is -2.12. The Bertz CT molecular complexity index is 1010. The van der Waals surface area contributed by atoms with Crippen molar-refractivity contribution in [3.8, 4) is 11.5 Å². The highest BCUT2D eigenvalue weighted by Gasteiger charge is 2.18. The quantitative estimate of drug-likeness (QED) is 0.581. The van der Waals surface area contributed by atoms with Crippen LogP contribution in [0.3, 0.4) is 0 Å². The fraction of sp³-hybridized carbons (Fsp3) is 0.200. The largest absolute Gasteiger partial charge is 0.493 e. The number of hydrogen-bond donors (Lipinski definition) is 2. The first-order chi connectivity index (χ1) is 14.0. The molecule has 0 aliphatic carbocycles. The van der Waals surface area contributed by atoms with Crippen molar-refractivity contribution in [2.24, 2.45) is 0 Å². The van der Waals surface area contributed by atoms with Crippen molar-refractivity contribution in [2.75, 3.05) is 25.3 Å². The maximum Gasteiger partial charge on any atom is 0.342 e. The van der Waals surface area contributed by atoms with Gasteiger partial charge in [0.15, 0.2) is 23.9 Å². The lowest BCUT2D eigenvalue weighted by molar-refractivity contribution is 0.0458. The van der Waals surface area contributed by atoms with Crippen LogP contribution in [0.25, 0.3) is 0 Å². The number of ether oxygens (including phenoxy) is 3. The second-order valence-electron chi connectivity index (χ2n) is 6.04. The number of rotatable bonds is 7. The fourth-order valence-corrected chi connectivity index (χ4v) is 2.58. The summed E-state index contributed by atoms with van der Waals surface area (Å²) < 4.78 is 15.8. The molecular formula is C20H21N5O4. The van der Waals surface area contributed by atoms with Gasteiger partial charge in [0, 0.05) is 5.69 Å². The van der Waals surface area contributed by atoms with E-state index in [-0.39, 0.29) is 35.6 Å². The molecule has 0 unspecified atom stereocenters. The number of carbonyl (C=O) groups excluding carboxylic acids is 1. The molecule has 0 aliphatic rings. The van der Waals surface area contributed by atoms with Crippen LogP contribution in [-0.4, -0.2) is 35.1 Å². The van der Waals surface area contributed by atoms with Gasteiger partial charge in [-0.05, 0) is 31.2 Å². The predicted molar refractivity (Wildman–Crippen MR) is 107 cm³/mol. The molecule has 29 heavy (non-hydrogen) atoms. The highest BCUT2D eigenvalue weighted by Crippen LogP contribution is 2.31. The first-order valence-corrected chi connectivity index (χ1v) is 8.72. The molecule has 9 nitrogen and oxygen atoms in total. The molecule has 0 bridgehead atoms. The standard InChI is InChI=1S/C20H21N5O4/c1-12-7-9-13(10-8-12)22-20-24-16(23-19(21)25-20)11-29-18(26)14-5-4-6-15(27-2)17(14)28-3/h4-10H,11H2,1-3H3,(H3,21,22,23,24,25). The van der Waals surface area contributed by atoms with Gasteiger partial charge in [0.2, 0.25) is 11.9 Å². The molecule has 2 aromatic carbocycles. The van der Waals surface area contributed by atoms with Crippen LogP contribution in [0.4, 0.5) is 17.6 Å². The highest BCUT2D eigenvalue weighted by molar-refractivity contribution is 5.93. The number of benzene rings is 2. The van der Waals surface area contributed by atoms with Crippen LogP contribution < -0.4 is 20.5 Å². The van der Waals surface area contributed by atoms with Crippen LogP contribution in [0.15, 0.2) is 42.5 Å². The number of carbonyl (C=O) groups is 1. The topological polar surface area (TPSA) is 121 Å². The number of nitrogens with zero attached hydrogens (tertiary/aromatic N) is 3. The third-order valence-electron chi connectivity index (χ3n) is 3.96. The average molecular weight is 395 g/mol. The molecule has 3 N–H and O–H groups in total. The Morgan fingerprint density at radius 2 is 1.79 bits per heavy atom. The van der Waals surface area contributed by atoms with E-state index in [4.69, 9.17) is 19.9 Å². The van der Waals surface area contributed by atoms with Crippen LogP contribution in [0.2, 0.25) is 0 Å². The molecule has 0 aliphatic heterocycles. The number of anilines is 3. The number of esters is 1. The predicted octanol–water partition coefficient (Wildman–Crippen LogP) is 2.88. The molecule has 3 aromatic rings. The summed E-state index contributed by atoms with van der Waals surface area (Å²) in [7, 11) is 2.94. The molecule has 0 saturated carbocycles. The van der Waals surface area contributed by atoms with Gasteiger partial charge in [-0.2, -0.15) is 15.0 Å². The van der Waals surface area contributed by atoms with E-state index in [0.717, 1.165) is 11.3 Å². The average Bonchev–Trinajstić information content (AvgIpc) is 2.72. The minimum atomic E-state index is -0.604. The molecule has 9 heteroatoms. The Kier molecular flexibility index (Phi) is 6.08. The number of nitrogens with one attached hydrogen (secondary N) is 1. The van der Waals surface area contributed by atoms with Gasteiger partial charge in [-0.3, -0.25) is 0 Å². The zero-order chi connectivity index (χ0) is 20.8. The van der Waals surface area contributed by atoms with Crippen molar-refractivity contribution in [3.05, 3.63) is 59.4 Å². The van der Waals surface area contributed by atoms with Gasteiger partial charge in [-0.25, -0.2) is 4.79 Å².